The minimum absolute atomic E-state index is 0.226. The van der Waals surface area contributed by atoms with Gasteiger partial charge >= 0.3 is 0 Å². The molecule has 3 fully saturated rings. The van der Waals surface area contributed by atoms with E-state index in [4.69, 9.17) is 0 Å². The molecule has 1 unspecified atom stereocenters. The first-order valence-electron chi connectivity index (χ1n) is 12.7. The van der Waals surface area contributed by atoms with Crippen molar-refractivity contribution in [2.24, 2.45) is 23.2 Å². The highest BCUT2D eigenvalue weighted by molar-refractivity contribution is 8.03. The second-order valence-corrected chi connectivity index (χ2v) is 13.1. The second kappa shape index (κ2) is 10.0. The Bertz CT molecular complexity index is 1100. The zero-order chi connectivity index (χ0) is 24.5. The Morgan fingerprint density at radius 1 is 1.18 bits per heavy atom. The number of aliphatic hydroxyl groups is 2. The fraction of sp³-hybridized carbons (Fsp3) is 0.500. The van der Waals surface area contributed by atoms with Crippen molar-refractivity contribution in [3.63, 3.8) is 0 Å². The second-order valence-electron chi connectivity index (χ2n) is 10.9. The van der Waals surface area contributed by atoms with Crippen molar-refractivity contribution >= 4 is 15.4 Å². The first-order chi connectivity index (χ1) is 16.1. The summed E-state index contributed by atoms with van der Waals surface area (Å²) in [6.07, 6.45) is 12.2. The molecule has 0 aliphatic heterocycles. The third-order valence-corrected chi connectivity index (χ3v) is 10.3. The first kappa shape index (κ1) is 25.2. The Balaban J connectivity index is 1.51. The standard InChI is InChI=1S/C30H40O3S/c1-21(16-18-34(4,33)26-10-6-5-7-11-26)27-14-15-28-23(9-8-17-30(27,28)3)12-13-24-19-25(31)20-29(32)22(24)2/h5-7,10-13,16,18,21,25,27-29,31-32H,2,4,8-9,14-15,17,19-20H2,1,3H3/b18-16+,23-12+,24-13-/t21-,25+,27+,28-,29-,30+,34?/m0/s1. The van der Waals surface area contributed by atoms with Crippen LogP contribution in [-0.2, 0) is 9.52 Å². The van der Waals surface area contributed by atoms with E-state index in [2.05, 4.69) is 44.5 Å². The minimum atomic E-state index is -2.43. The smallest absolute Gasteiger partial charge is 0.0811 e. The van der Waals surface area contributed by atoms with Crippen LogP contribution in [-0.4, -0.2) is 32.5 Å². The summed E-state index contributed by atoms with van der Waals surface area (Å²) in [5.41, 5.74) is 3.44. The average Bonchev–Trinajstić information content (AvgIpc) is 3.17. The molecule has 0 spiro atoms. The molecule has 1 aromatic carbocycles. The van der Waals surface area contributed by atoms with Gasteiger partial charge in [0, 0.05) is 20.8 Å². The molecule has 0 radical (unpaired) electrons. The van der Waals surface area contributed by atoms with E-state index in [1.54, 1.807) is 0 Å². The summed E-state index contributed by atoms with van der Waals surface area (Å²) in [5.74, 6) is 5.44. The van der Waals surface area contributed by atoms with E-state index in [0.717, 1.165) is 22.5 Å². The van der Waals surface area contributed by atoms with Crippen molar-refractivity contribution in [1.82, 2.24) is 0 Å². The highest BCUT2D eigenvalue weighted by Crippen LogP contribution is 2.59. The normalized spacial score (nSPS) is 37.1. The van der Waals surface area contributed by atoms with Gasteiger partial charge in [0.1, 0.15) is 0 Å². The zero-order valence-corrected chi connectivity index (χ0v) is 21.5. The molecular formula is C30H40O3S. The molecule has 0 aromatic heterocycles. The lowest BCUT2D eigenvalue weighted by molar-refractivity contribution is 0.0862. The number of aliphatic hydroxyl groups excluding tert-OH is 2. The van der Waals surface area contributed by atoms with Gasteiger partial charge in [-0.05, 0) is 96.3 Å². The Kier molecular flexibility index (Phi) is 7.42. The lowest BCUT2D eigenvalue weighted by Gasteiger charge is -2.44. The van der Waals surface area contributed by atoms with Crippen LogP contribution in [0.5, 0.6) is 0 Å². The van der Waals surface area contributed by atoms with Gasteiger partial charge in [-0.3, -0.25) is 4.21 Å². The molecule has 34 heavy (non-hydrogen) atoms. The first-order valence-corrected chi connectivity index (χ1v) is 14.5. The molecule has 184 valence electrons. The summed E-state index contributed by atoms with van der Waals surface area (Å²) < 4.78 is 13.2. The summed E-state index contributed by atoms with van der Waals surface area (Å²) in [4.78, 5) is 0.782. The van der Waals surface area contributed by atoms with Gasteiger partial charge in [-0.2, -0.15) is 0 Å². The van der Waals surface area contributed by atoms with Crippen LogP contribution < -0.4 is 0 Å². The van der Waals surface area contributed by atoms with Crippen LogP contribution in [0.15, 0.2) is 82.2 Å². The van der Waals surface area contributed by atoms with Gasteiger partial charge < -0.3 is 10.2 Å². The van der Waals surface area contributed by atoms with E-state index >= 15 is 0 Å². The molecule has 3 aliphatic rings. The number of hydrogen-bond donors (Lipinski definition) is 2. The maximum absolute atomic E-state index is 13.2. The van der Waals surface area contributed by atoms with Crippen molar-refractivity contribution in [2.75, 3.05) is 0 Å². The molecule has 3 saturated carbocycles. The van der Waals surface area contributed by atoms with Gasteiger partial charge in [0.05, 0.1) is 12.2 Å². The minimum Gasteiger partial charge on any atom is -0.393 e. The predicted molar refractivity (Wildman–Crippen MR) is 143 cm³/mol. The molecule has 4 rings (SSSR count). The van der Waals surface area contributed by atoms with Crippen LogP contribution in [0.3, 0.4) is 0 Å². The van der Waals surface area contributed by atoms with Crippen LogP contribution >= 0.6 is 0 Å². The van der Waals surface area contributed by atoms with Gasteiger partial charge in [0.15, 0.2) is 0 Å². The highest BCUT2D eigenvalue weighted by Gasteiger charge is 2.50. The maximum Gasteiger partial charge on any atom is 0.0811 e. The molecular weight excluding hydrogens is 440 g/mol. The highest BCUT2D eigenvalue weighted by atomic mass is 32.2. The van der Waals surface area contributed by atoms with Crippen LogP contribution in [0.25, 0.3) is 0 Å². The Labute approximate surface area is 206 Å². The number of rotatable bonds is 5. The van der Waals surface area contributed by atoms with Gasteiger partial charge in [-0.1, -0.05) is 62.4 Å². The molecule has 4 heteroatoms. The molecule has 0 amide bonds. The number of allylic oxidation sites excluding steroid dienone is 4. The van der Waals surface area contributed by atoms with Gasteiger partial charge in [-0.15, -0.1) is 0 Å². The summed E-state index contributed by atoms with van der Waals surface area (Å²) in [6, 6.07) is 9.54. The van der Waals surface area contributed by atoms with E-state index in [-0.39, 0.29) is 5.41 Å². The molecule has 1 aromatic rings. The largest absolute Gasteiger partial charge is 0.393 e. The van der Waals surface area contributed by atoms with Crippen molar-refractivity contribution < 1.29 is 14.4 Å². The number of hydrogen-bond acceptors (Lipinski definition) is 3. The topological polar surface area (TPSA) is 57.5 Å². The lowest BCUT2D eigenvalue weighted by Crippen LogP contribution is -2.35. The van der Waals surface area contributed by atoms with Crippen molar-refractivity contribution in [3.8, 4) is 0 Å². The Morgan fingerprint density at radius 3 is 2.65 bits per heavy atom. The summed E-state index contributed by atoms with van der Waals surface area (Å²) in [5, 5.41) is 22.1. The number of fused-ring (bicyclic) bond motifs is 1. The van der Waals surface area contributed by atoms with E-state index in [1.807, 2.05) is 35.7 Å². The van der Waals surface area contributed by atoms with Crippen molar-refractivity contribution in [3.05, 3.63) is 77.3 Å². The van der Waals surface area contributed by atoms with Crippen LogP contribution in [0.1, 0.15) is 58.8 Å². The van der Waals surface area contributed by atoms with Crippen LogP contribution in [0.4, 0.5) is 0 Å². The van der Waals surface area contributed by atoms with E-state index in [1.165, 1.54) is 31.3 Å². The van der Waals surface area contributed by atoms with Crippen LogP contribution in [0.2, 0.25) is 0 Å². The van der Waals surface area contributed by atoms with Crippen molar-refractivity contribution in [1.29, 1.82) is 0 Å². The molecule has 0 heterocycles. The SMILES string of the molecule is C=C1/C(=C\C=C2/CCC[C@]3(C)[C@@H]([C@@H](C)/C=C/S(=C)(=O)c4ccccc4)CC[C@@H]23)C[C@@H](O)C[C@@H]1O. The average molecular weight is 481 g/mol. The van der Waals surface area contributed by atoms with Crippen molar-refractivity contribution in [2.45, 2.75) is 75.9 Å². The fourth-order valence-electron chi connectivity index (χ4n) is 6.72. The third-order valence-electron chi connectivity index (χ3n) is 8.68. The molecule has 0 saturated heterocycles. The van der Waals surface area contributed by atoms with Crippen LogP contribution in [0, 0.1) is 23.2 Å². The number of benzene rings is 1. The summed E-state index contributed by atoms with van der Waals surface area (Å²) >= 11 is 0. The molecule has 0 bridgehead atoms. The Morgan fingerprint density at radius 2 is 1.91 bits per heavy atom. The summed E-state index contributed by atoms with van der Waals surface area (Å²) in [7, 11) is -2.43. The Hall–Kier alpha value is -1.88. The van der Waals surface area contributed by atoms with E-state index in [9.17, 15) is 14.4 Å². The van der Waals surface area contributed by atoms with Gasteiger partial charge in [0.2, 0.25) is 0 Å². The lowest BCUT2D eigenvalue weighted by atomic mass is 9.61. The van der Waals surface area contributed by atoms with Gasteiger partial charge in [0.25, 0.3) is 0 Å². The molecule has 7 atom stereocenters. The fourth-order valence-corrected chi connectivity index (χ4v) is 8.00. The third kappa shape index (κ3) is 5.05. The maximum atomic E-state index is 13.2. The molecule has 2 N–H and O–H groups in total. The summed E-state index contributed by atoms with van der Waals surface area (Å²) in [6.45, 7) is 8.78. The quantitative estimate of drug-likeness (QED) is 0.504. The molecule has 3 aliphatic carbocycles. The monoisotopic (exact) mass is 480 g/mol. The van der Waals surface area contributed by atoms with E-state index in [0.29, 0.717) is 30.6 Å². The zero-order valence-electron chi connectivity index (χ0n) is 20.7. The van der Waals surface area contributed by atoms with E-state index < -0.39 is 21.7 Å². The molecule has 3 nitrogen and oxygen atoms in total. The van der Waals surface area contributed by atoms with Gasteiger partial charge in [-0.25, -0.2) is 0 Å². The predicted octanol–water partition coefficient (Wildman–Crippen LogP) is 6.05.